The molecule has 0 fully saturated rings. The molecule has 142 valence electrons. The van der Waals surface area contributed by atoms with Gasteiger partial charge in [-0.1, -0.05) is 12.1 Å². The number of halogens is 1. The van der Waals surface area contributed by atoms with Crippen LogP contribution in [0.1, 0.15) is 6.92 Å². The highest BCUT2D eigenvalue weighted by Gasteiger charge is 2.21. The second-order valence-corrected chi connectivity index (χ2v) is 8.00. The maximum Gasteiger partial charge on any atom is 0.269 e. The fraction of sp³-hybridized carbons (Fsp3) is 0.222. The third-order valence-corrected chi connectivity index (χ3v) is 5.40. The number of amides is 2. The van der Waals surface area contributed by atoms with E-state index in [9.17, 15) is 19.7 Å². The summed E-state index contributed by atoms with van der Waals surface area (Å²) in [5, 5.41) is 13.0. The van der Waals surface area contributed by atoms with E-state index in [0.29, 0.717) is 5.69 Å². The third-order valence-electron chi connectivity index (χ3n) is 3.61. The lowest BCUT2D eigenvalue weighted by atomic mass is 10.3. The van der Waals surface area contributed by atoms with E-state index < -0.39 is 10.2 Å². The van der Waals surface area contributed by atoms with Crippen LogP contribution in [-0.2, 0) is 9.59 Å². The van der Waals surface area contributed by atoms with Crippen molar-refractivity contribution in [3.05, 3.63) is 63.1 Å². The third kappa shape index (κ3) is 6.07. The number of non-ortho nitro benzene ring substituents is 1. The number of hydrogen-bond donors (Lipinski definition) is 1. The number of benzene rings is 2. The summed E-state index contributed by atoms with van der Waals surface area (Å²) in [4.78, 5) is 37.0. The summed E-state index contributed by atoms with van der Waals surface area (Å²) in [5.41, 5.74) is 0.635. The zero-order chi connectivity index (χ0) is 20.0. The van der Waals surface area contributed by atoms with Gasteiger partial charge in [-0.2, -0.15) is 0 Å². The van der Waals surface area contributed by atoms with Gasteiger partial charge >= 0.3 is 0 Å². The molecule has 0 aliphatic rings. The molecule has 0 radical (unpaired) electrons. The smallest absolute Gasteiger partial charge is 0.269 e. The minimum atomic E-state index is -0.472. The van der Waals surface area contributed by atoms with Gasteiger partial charge in [0.05, 0.1) is 22.4 Å². The number of carbonyl (C=O) groups excluding carboxylic acids is 2. The molecule has 0 saturated heterocycles. The van der Waals surface area contributed by atoms with Gasteiger partial charge in [-0.05, 0) is 47.1 Å². The van der Waals surface area contributed by atoms with Crippen LogP contribution < -0.4 is 5.32 Å². The van der Waals surface area contributed by atoms with E-state index in [1.54, 1.807) is 38.2 Å². The van der Waals surface area contributed by atoms with Gasteiger partial charge in [0.2, 0.25) is 11.8 Å². The largest absolute Gasteiger partial charge is 0.335 e. The Morgan fingerprint density at radius 2 is 1.85 bits per heavy atom. The summed E-state index contributed by atoms with van der Waals surface area (Å²) in [6.07, 6.45) is 0. The second kappa shape index (κ2) is 9.52. The molecular formula is C18H18BrN3O4S. The van der Waals surface area contributed by atoms with Gasteiger partial charge in [-0.25, -0.2) is 0 Å². The van der Waals surface area contributed by atoms with Gasteiger partial charge < -0.3 is 10.2 Å². The summed E-state index contributed by atoms with van der Waals surface area (Å²) < 4.78 is 0.759. The number of para-hydroxylation sites is 1. The molecule has 0 bridgehead atoms. The Labute approximate surface area is 169 Å². The minimum Gasteiger partial charge on any atom is -0.335 e. The van der Waals surface area contributed by atoms with E-state index in [4.69, 9.17) is 0 Å². The van der Waals surface area contributed by atoms with Crippen molar-refractivity contribution in [2.75, 3.05) is 18.9 Å². The van der Waals surface area contributed by atoms with Crippen LogP contribution >= 0.6 is 27.7 Å². The molecule has 2 amide bonds. The molecule has 2 rings (SSSR count). The Kier molecular flexibility index (Phi) is 7.37. The number of nitrogens with one attached hydrogen (secondary N) is 1. The van der Waals surface area contributed by atoms with Crippen molar-refractivity contribution in [2.24, 2.45) is 0 Å². The van der Waals surface area contributed by atoms with Crippen LogP contribution in [0.4, 0.5) is 11.4 Å². The van der Waals surface area contributed by atoms with E-state index in [-0.39, 0.29) is 24.0 Å². The highest BCUT2D eigenvalue weighted by molar-refractivity contribution is 9.10. The van der Waals surface area contributed by atoms with Crippen LogP contribution in [0, 0.1) is 10.1 Å². The first kappa shape index (κ1) is 20.9. The fourth-order valence-electron chi connectivity index (χ4n) is 2.26. The molecule has 27 heavy (non-hydrogen) atoms. The van der Waals surface area contributed by atoms with Crippen molar-refractivity contribution in [3.63, 3.8) is 0 Å². The van der Waals surface area contributed by atoms with Crippen molar-refractivity contribution in [1.82, 2.24) is 4.90 Å². The van der Waals surface area contributed by atoms with E-state index >= 15 is 0 Å². The molecule has 9 heteroatoms. The highest BCUT2D eigenvalue weighted by atomic mass is 79.9. The molecule has 1 N–H and O–H groups in total. The average Bonchev–Trinajstić information content (AvgIpc) is 2.63. The first-order valence-corrected chi connectivity index (χ1v) is 9.65. The van der Waals surface area contributed by atoms with E-state index in [2.05, 4.69) is 21.2 Å². The molecule has 0 aromatic heterocycles. The van der Waals surface area contributed by atoms with Gasteiger partial charge in [-0.15, -0.1) is 11.8 Å². The van der Waals surface area contributed by atoms with Gasteiger partial charge in [0.1, 0.15) is 0 Å². The molecule has 0 saturated carbocycles. The van der Waals surface area contributed by atoms with Crippen molar-refractivity contribution in [3.8, 4) is 0 Å². The van der Waals surface area contributed by atoms with Crippen molar-refractivity contribution in [1.29, 1.82) is 0 Å². The maximum absolute atomic E-state index is 12.5. The van der Waals surface area contributed by atoms with Crippen molar-refractivity contribution in [2.45, 2.75) is 17.1 Å². The first-order valence-electron chi connectivity index (χ1n) is 7.98. The Bertz CT molecular complexity index is 845. The maximum atomic E-state index is 12.5. The monoisotopic (exact) mass is 451 g/mol. The van der Waals surface area contributed by atoms with Gasteiger partial charge in [0, 0.05) is 28.5 Å². The molecule has 1 atom stereocenters. The lowest BCUT2D eigenvalue weighted by Gasteiger charge is -2.21. The lowest BCUT2D eigenvalue weighted by molar-refractivity contribution is -0.384. The normalized spacial score (nSPS) is 11.5. The first-order chi connectivity index (χ1) is 12.8. The van der Waals surface area contributed by atoms with Crippen LogP contribution in [0.25, 0.3) is 0 Å². The van der Waals surface area contributed by atoms with Crippen molar-refractivity contribution < 1.29 is 14.5 Å². The number of nitro benzene ring substituents is 1. The number of nitro groups is 1. The molecule has 0 heterocycles. The quantitative estimate of drug-likeness (QED) is 0.390. The van der Waals surface area contributed by atoms with E-state index in [1.165, 1.54) is 28.8 Å². The summed E-state index contributed by atoms with van der Waals surface area (Å²) >= 11 is 4.63. The molecule has 1 unspecified atom stereocenters. The summed E-state index contributed by atoms with van der Waals surface area (Å²) in [6.45, 7) is 1.65. The van der Waals surface area contributed by atoms with Crippen LogP contribution in [0.2, 0.25) is 0 Å². The second-order valence-electron chi connectivity index (χ2n) is 5.73. The highest BCUT2D eigenvalue weighted by Crippen LogP contribution is 2.26. The Morgan fingerprint density at radius 1 is 1.22 bits per heavy atom. The fourth-order valence-corrected chi connectivity index (χ4v) is 3.62. The molecule has 2 aromatic carbocycles. The molecular weight excluding hydrogens is 434 g/mol. The van der Waals surface area contributed by atoms with Crippen LogP contribution in [0.3, 0.4) is 0 Å². The van der Waals surface area contributed by atoms with E-state index in [1.807, 2.05) is 12.1 Å². The molecule has 7 nitrogen and oxygen atoms in total. The van der Waals surface area contributed by atoms with Crippen molar-refractivity contribution >= 4 is 50.9 Å². The zero-order valence-corrected chi connectivity index (χ0v) is 17.1. The van der Waals surface area contributed by atoms with Crippen LogP contribution in [-0.4, -0.2) is 40.5 Å². The van der Waals surface area contributed by atoms with Crippen LogP contribution in [0.15, 0.2) is 57.9 Å². The number of rotatable bonds is 7. The minimum absolute atomic E-state index is 0.000749. The number of carbonyl (C=O) groups is 2. The molecule has 0 spiro atoms. The SMILES string of the molecule is CC(Sc1ccc([N+](=O)[O-])cc1)C(=O)N(C)CC(=O)Nc1ccccc1Br. The predicted molar refractivity (Wildman–Crippen MR) is 109 cm³/mol. The number of likely N-dealkylation sites (N-methyl/N-ethyl adjacent to an activating group) is 1. The predicted octanol–water partition coefficient (Wildman–Crippen LogP) is 3.94. The standard InChI is InChI=1S/C18H18BrN3O4S/c1-12(27-14-9-7-13(8-10-14)22(25)26)18(24)21(2)11-17(23)20-16-6-4-3-5-15(16)19/h3-10,12H,11H2,1-2H3,(H,20,23). The number of anilines is 1. The van der Waals surface area contributed by atoms with Gasteiger partial charge in [0.25, 0.3) is 5.69 Å². The lowest BCUT2D eigenvalue weighted by Crippen LogP contribution is -2.38. The molecule has 0 aliphatic heterocycles. The Morgan fingerprint density at radius 3 is 2.44 bits per heavy atom. The Balaban J connectivity index is 1.90. The van der Waals surface area contributed by atoms with E-state index in [0.717, 1.165) is 9.37 Å². The zero-order valence-electron chi connectivity index (χ0n) is 14.7. The molecule has 0 aliphatic carbocycles. The topological polar surface area (TPSA) is 92.6 Å². The number of nitrogens with zero attached hydrogens (tertiary/aromatic N) is 2. The van der Waals surface area contributed by atoms with Crippen LogP contribution in [0.5, 0.6) is 0 Å². The molecule has 2 aromatic rings. The number of hydrogen-bond acceptors (Lipinski definition) is 5. The van der Waals surface area contributed by atoms with Gasteiger partial charge in [0.15, 0.2) is 0 Å². The summed E-state index contributed by atoms with van der Waals surface area (Å²) in [5.74, 6) is -0.508. The average molecular weight is 452 g/mol. The number of thioether (sulfide) groups is 1. The Hall–Kier alpha value is -2.39. The summed E-state index contributed by atoms with van der Waals surface area (Å²) in [6, 6.07) is 13.2. The summed E-state index contributed by atoms with van der Waals surface area (Å²) in [7, 11) is 1.56. The van der Waals surface area contributed by atoms with Gasteiger partial charge in [-0.3, -0.25) is 19.7 Å².